The minimum atomic E-state index is 1.09. The second-order valence-corrected chi connectivity index (χ2v) is 3.20. The minimum Gasteiger partial charge on any atom is -0.355 e. The van der Waals surface area contributed by atoms with Gasteiger partial charge in [-0.15, -0.1) is 0 Å². The van der Waals surface area contributed by atoms with Gasteiger partial charge in [0.2, 0.25) is 0 Å². The maximum absolute atomic E-state index is 3.80. The zero-order chi connectivity index (χ0) is 16.0. The lowest BCUT2D eigenvalue weighted by Gasteiger charge is -1.91. The van der Waals surface area contributed by atoms with E-state index in [2.05, 4.69) is 48.5 Å². The molecule has 1 nitrogen and oxygen atoms in total. The SMILES string of the molecule is C=Cc1[nH]c2ccccc2c1/C=C\C.CC.CC.CS. The number of para-hydroxylation sites is 1. The lowest BCUT2D eigenvalue weighted by molar-refractivity contribution is 1.42. The summed E-state index contributed by atoms with van der Waals surface area (Å²) in [6, 6.07) is 8.28. The molecule has 1 heterocycles. The van der Waals surface area contributed by atoms with Gasteiger partial charge in [-0.25, -0.2) is 0 Å². The van der Waals surface area contributed by atoms with Crippen molar-refractivity contribution in [2.24, 2.45) is 0 Å². The highest BCUT2D eigenvalue weighted by atomic mass is 32.1. The molecule has 2 rings (SSSR count). The maximum atomic E-state index is 3.80. The second-order valence-electron chi connectivity index (χ2n) is 3.20. The monoisotopic (exact) mass is 291 g/mol. The highest BCUT2D eigenvalue weighted by Crippen LogP contribution is 2.24. The normalized spacial score (nSPS) is 8.75. The molecule has 2 heteroatoms. The van der Waals surface area contributed by atoms with Crippen LogP contribution >= 0.6 is 12.6 Å². The zero-order valence-electron chi connectivity index (χ0n) is 13.7. The average Bonchev–Trinajstić information content (AvgIpc) is 2.92. The van der Waals surface area contributed by atoms with Crippen molar-refractivity contribution in [3.05, 3.63) is 48.2 Å². The fourth-order valence-corrected chi connectivity index (χ4v) is 1.69. The third kappa shape index (κ3) is 5.70. The van der Waals surface area contributed by atoms with E-state index in [4.69, 9.17) is 0 Å². The summed E-state index contributed by atoms with van der Waals surface area (Å²) in [7, 11) is 0. The summed E-state index contributed by atoms with van der Waals surface area (Å²) in [4.78, 5) is 3.33. The summed E-state index contributed by atoms with van der Waals surface area (Å²) in [5.74, 6) is 0. The van der Waals surface area contributed by atoms with Gasteiger partial charge in [0.25, 0.3) is 0 Å². The smallest absolute Gasteiger partial charge is 0.0464 e. The number of benzene rings is 1. The molecule has 0 fully saturated rings. The zero-order valence-corrected chi connectivity index (χ0v) is 14.6. The number of aromatic amines is 1. The van der Waals surface area contributed by atoms with Crippen LogP contribution in [0.3, 0.4) is 0 Å². The van der Waals surface area contributed by atoms with Crippen LogP contribution in [0.1, 0.15) is 45.9 Å². The van der Waals surface area contributed by atoms with Crippen LogP contribution in [0.2, 0.25) is 0 Å². The molecule has 0 saturated carbocycles. The van der Waals surface area contributed by atoms with Crippen LogP contribution in [0.25, 0.3) is 23.1 Å². The lowest BCUT2D eigenvalue weighted by atomic mass is 10.1. The summed E-state index contributed by atoms with van der Waals surface area (Å²) < 4.78 is 0. The van der Waals surface area contributed by atoms with E-state index < -0.39 is 0 Å². The van der Waals surface area contributed by atoms with E-state index >= 15 is 0 Å². The summed E-state index contributed by atoms with van der Waals surface area (Å²) in [6.07, 6.45) is 7.70. The van der Waals surface area contributed by atoms with Gasteiger partial charge < -0.3 is 4.98 Å². The largest absolute Gasteiger partial charge is 0.355 e. The Morgan fingerprint density at radius 3 is 2.10 bits per heavy atom. The van der Waals surface area contributed by atoms with Crippen LogP contribution in [-0.2, 0) is 0 Å². The van der Waals surface area contributed by atoms with E-state index in [-0.39, 0.29) is 0 Å². The fraction of sp³-hybridized carbons (Fsp3) is 0.333. The van der Waals surface area contributed by atoms with Crippen LogP contribution in [-0.4, -0.2) is 11.2 Å². The molecule has 0 aliphatic rings. The van der Waals surface area contributed by atoms with Crippen LogP contribution in [0.4, 0.5) is 0 Å². The third-order valence-electron chi connectivity index (χ3n) is 2.31. The Kier molecular flexibility index (Phi) is 14.6. The lowest BCUT2D eigenvalue weighted by Crippen LogP contribution is -1.73. The Bertz CT molecular complexity index is 495. The van der Waals surface area contributed by atoms with Gasteiger partial charge in [0, 0.05) is 22.2 Å². The molecule has 1 aromatic carbocycles. The van der Waals surface area contributed by atoms with Gasteiger partial charge in [0.15, 0.2) is 0 Å². The molecule has 0 aliphatic heterocycles. The van der Waals surface area contributed by atoms with E-state index in [1.165, 1.54) is 10.9 Å². The van der Waals surface area contributed by atoms with Gasteiger partial charge in [-0.05, 0) is 25.3 Å². The fourth-order valence-electron chi connectivity index (χ4n) is 1.69. The van der Waals surface area contributed by atoms with Crippen molar-refractivity contribution >= 4 is 35.7 Å². The summed E-state index contributed by atoms with van der Waals surface area (Å²) in [5.41, 5.74) is 3.47. The Balaban J connectivity index is 0. The van der Waals surface area contributed by atoms with Gasteiger partial charge in [-0.2, -0.15) is 12.6 Å². The standard InChI is InChI=1S/C13H13N.2C2H6.CH4S/c1-3-7-10-11-8-5-6-9-13(11)14-12(10)4-2;3*1-2/h3-9,14H,2H2,1H3;2*1-2H3;2H,1H3/b7-3-;;;. The van der Waals surface area contributed by atoms with E-state index in [1.54, 1.807) is 6.26 Å². The predicted molar refractivity (Wildman–Crippen MR) is 101 cm³/mol. The topological polar surface area (TPSA) is 15.8 Å². The maximum Gasteiger partial charge on any atom is 0.0464 e. The minimum absolute atomic E-state index is 1.09. The molecule has 0 radical (unpaired) electrons. The molecule has 1 N–H and O–H groups in total. The number of nitrogens with one attached hydrogen (secondary N) is 1. The van der Waals surface area contributed by atoms with Crippen molar-refractivity contribution in [1.82, 2.24) is 4.98 Å². The molecule has 0 saturated heterocycles. The molecule has 112 valence electrons. The second kappa shape index (κ2) is 14.0. The first kappa shape index (κ1) is 20.9. The Hall–Kier alpha value is -1.41. The Morgan fingerprint density at radius 1 is 1.05 bits per heavy atom. The number of thiol groups is 1. The molecule has 2 aromatic rings. The summed E-state index contributed by atoms with van der Waals surface area (Å²) in [5, 5.41) is 1.25. The first-order chi connectivity index (χ1) is 9.86. The average molecular weight is 292 g/mol. The number of hydrogen-bond donors (Lipinski definition) is 2. The number of H-pyrrole nitrogens is 1. The molecule has 1 aromatic heterocycles. The summed E-state index contributed by atoms with van der Waals surface area (Å²) >= 11 is 3.53. The van der Waals surface area contributed by atoms with Crippen LogP contribution in [0.5, 0.6) is 0 Å². The first-order valence-electron chi connectivity index (χ1n) is 7.17. The quantitative estimate of drug-likeness (QED) is 0.592. The van der Waals surface area contributed by atoms with Crippen molar-refractivity contribution in [2.75, 3.05) is 6.26 Å². The van der Waals surface area contributed by atoms with E-state index in [9.17, 15) is 0 Å². The van der Waals surface area contributed by atoms with Crippen molar-refractivity contribution in [3.63, 3.8) is 0 Å². The van der Waals surface area contributed by atoms with Crippen molar-refractivity contribution in [3.8, 4) is 0 Å². The molecule has 0 atom stereocenters. The van der Waals surface area contributed by atoms with E-state index in [0.717, 1.165) is 11.2 Å². The molecular formula is C18H29NS. The van der Waals surface area contributed by atoms with Gasteiger partial charge in [0.1, 0.15) is 0 Å². The third-order valence-corrected chi connectivity index (χ3v) is 2.31. The first-order valence-corrected chi connectivity index (χ1v) is 8.07. The molecule has 20 heavy (non-hydrogen) atoms. The predicted octanol–water partition coefficient (Wildman–Crippen LogP) is 6.44. The number of rotatable bonds is 2. The number of fused-ring (bicyclic) bond motifs is 1. The van der Waals surface area contributed by atoms with Crippen molar-refractivity contribution < 1.29 is 0 Å². The van der Waals surface area contributed by atoms with Gasteiger partial charge >= 0.3 is 0 Å². The Labute approximate surface area is 130 Å². The summed E-state index contributed by atoms with van der Waals surface area (Å²) in [6.45, 7) is 13.8. The highest BCUT2D eigenvalue weighted by molar-refractivity contribution is 7.79. The van der Waals surface area contributed by atoms with Crippen LogP contribution in [0.15, 0.2) is 36.9 Å². The molecule has 0 bridgehead atoms. The van der Waals surface area contributed by atoms with Crippen molar-refractivity contribution in [2.45, 2.75) is 34.6 Å². The molecule has 0 spiro atoms. The molecule has 0 unspecified atom stereocenters. The van der Waals surface area contributed by atoms with E-state index in [0.29, 0.717) is 0 Å². The molecular weight excluding hydrogens is 262 g/mol. The van der Waals surface area contributed by atoms with Gasteiger partial charge in [-0.1, -0.05) is 64.6 Å². The molecule has 0 aliphatic carbocycles. The van der Waals surface area contributed by atoms with Gasteiger partial charge in [-0.3, -0.25) is 0 Å². The Morgan fingerprint density at radius 2 is 1.60 bits per heavy atom. The van der Waals surface area contributed by atoms with E-state index in [1.807, 2.05) is 52.8 Å². The highest BCUT2D eigenvalue weighted by Gasteiger charge is 2.04. The van der Waals surface area contributed by atoms with Crippen molar-refractivity contribution in [1.29, 1.82) is 0 Å². The van der Waals surface area contributed by atoms with Crippen LogP contribution < -0.4 is 0 Å². The molecule has 0 amide bonds. The van der Waals surface area contributed by atoms with Crippen LogP contribution in [0, 0.1) is 0 Å². The number of allylic oxidation sites excluding steroid dienone is 1. The number of aromatic nitrogens is 1. The van der Waals surface area contributed by atoms with Gasteiger partial charge in [0.05, 0.1) is 0 Å². The number of hydrogen-bond acceptors (Lipinski definition) is 1.